The van der Waals surface area contributed by atoms with Crippen molar-refractivity contribution in [1.82, 2.24) is 5.32 Å². The highest BCUT2D eigenvalue weighted by Crippen LogP contribution is 2.25. The van der Waals surface area contributed by atoms with Gasteiger partial charge < -0.3 is 10.1 Å². The minimum absolute atomic E-state index is 0.263. The van der Waals surface area contributed by atoms with Gasteiger partial charge in [0.2, 0.25) is 0 Å². The zero-order valence-electron chi connectivity index (χ0n) is 10.0. The van der Waals surface area contributed by atoms with Crippen LogP contribution in [-0.4, -0.2) is 19.8 Å². The molecule has 86 valence electrons. The van der Waals surface area contributed by atoms with Gasteiger partial charge in [0, 0.05) is 12.0 Å². The van der Waals surface area contributed by atoms with Crippen LogP contribution in [0, 0.1) is 6.92 Å². The SMILES string of the molecule is CCNC(c1csc(C)c1)C(CC)OC. The second kappa shape index (κ2) is 6.26. The average Bonchev–Trinajstić information content (AvgIpc) is 2.65. The second-order valence-corrected chi connectivity index (χ2v) is 4.82. The topological polar surface area (TPSA) is 21.3 Å². The Labute approximate surface area is 96.7 Å². The van der Waals surface area contributed by atoms with E-state index in [9.17, 15) is 0 Å². The molecule has 0 aliphatic carbocycles. The summed E-state index contributed by atoms with van der Waals surface area (Å²) in [5.41, 5.74) is 1.35. The normalized spacial score (nSPS) is 15.2. The first kappa shape index (κ1) is 12.7. The summed E-state index contributed by atoms with van der Waals surface area (Å²) in [4.78, 5) is 1.36. The number of rotatable bonds is 6. The summed E-state index contributed by atoms with van der Waals surface area (Å²) in [7, 11) is 1.79. The third-order valence-electron chi connectivity index (χ3n) is 2.61. The van der Waals surface area contributed by atoms with E-state index in [0.29, 0.717) is 6.04 Å². The molecule has 0 bridgehead atoms. The van der Waals surface area contributed by atoms with Crippen molar-refractivity contribution in [3.8, 4) is 0 Å². The Bertz CT molecular complexity index is 281. The number of hydrogen-bond acceptors (Lipinski definition) is 3. The highest BCUT2D eigenvalue weighted by atomic mass is 32.1. The lowest BCUT2D eigenvalue weighted by atomic mass is 10.0. The molecule has 1 N–H and O–H groups in total. The smallest absolute Gasteiger partial charge is 0.0763 e. The minimum atomic E-state index is 0.263. The summed E-state index contributed by atoms with van der Waals surface area (Å²) in [6, 6.07) is 2.58. The molecule has 0 amide bonds. The number of likely N-dealkylation sites (N-methyl/N-ethyl adjacent to an activating group) is 1. The van der Waals surface area contributed by atoms with E-state index in [1.165, 1.54) is 10.4 Å². The number of aryl methyl sites for hydroxylation is 1. The van der Waals surface area contributed by atoms with E-state index in [-0.39, 0.29) is 6.10 Å². The van der Waals surface area contributed by atoms with Gasteiger partial charge in [0.05, 0.1) is 12.1 Å². The van der Waals surface area contributed by atoms with Gasteiger partial charge in [-0.3, -0.25) is 0 Å². The number of nitrogens with one attached hydrogen (secondary N) is 1. The fourth-order valence-electron chi connectivity index (χ4n) is 1.85. The van der Waals surface area contributed by atoms with Crippen LogP contribution in [0.15, 0.2) is 11.4 Å². The molecule has 15 heavy (non-hydrogen) atoms. The third kappa shape index (κ3) is 3.30. The van der Waals surface area contributed by atoms with E-state index in [0.717, 1.165) is 13.0 Å². The van der Waals surface area contributed by atoms with Crippen molar-refractivity contribution < 1.29 is 4.74 Å². The van der Waals surface area contributed by atoms with Gasteiger partial charge in [-0.15, -0.1) is 11.3 Å². The molecule has 0 fully saturated rings. The van der Waals surface area contributed by atoms with Gasteiger partial charge in [0.25, 0.3) is 0 Å². The Morgan fingerprint density at radius 2 is 2.20 bits per heavy atom. The summed E-state index contributed by atoms with van der Waals surface area (Å²) >= 11 is 1.80. The largest absolute Gasteiger partial charge is 0.379 e. The lowest BCUT2D eigenvalue weighted by Crippen LogP contribution is -2.32. The van der Waals surface area contributed by atoms with E-state index in [1.54, 1.807) is 18.4 Å². The van der Waals surface area contributed by atoms with Crippen molar-refractivity contribution in [2.75, 3.05) is 13.7 Å². The number of hydrogen-bond donors (Lipinski definition) is 1. The van der Waals surface area contributed by atoms with E-state index in [1.807, 2.05) is 0 Å². The number of methoxy groups -OCH3 is 1. The van der Waals surface area contributed by atoms with Crippen LogP contribution in [0.2, 0.25) is 0 Å². The van der Waals surface area contributed by atoms with Crippen molar-refractivity contribution >= 4 is 11.3 Å². The van der Waals surface area contributed by atoms with Gasteiger partial charge in [-0.25, -0.2) is 0 Å². The highest BCUT2D eigenvalue weighted by molar-refractivity contribution is 7.10. The van der Waals surface area contributed by atoms with E-state index in [4.69, 9.17) is 4.74 Å². The van der Waals surface area contributed by atoms with E-state index in [2.05, 4.69) is 37.5 Å². The Balaban J connectivity index is 2.81. The van der Waals surface area contributed by atoms with Gasteiger partial charge in [-0.05, 0) is 36.9 Å². The van der Waals surface area contributed by atoms with Crippen LogP contribution in [0.1, 0.15) is 36.8 Å². The summed E-state index contributed by atoms with van der Waals surface area (Å²) < 4.78 is 5.52. The Hall–Kier alpha value is -0.380. The van der Waals surface area contributed by atoms with Gasteiger partial charge in [0.1, 0.15) is 0 Å². The standard InChI is InChI=1S/C12H21NOS/c1-5-11(14-4)12(13-6-2)10-7-9(3)15-8-10/h7-8,11-13H,5-6H2,1-4H3. The third-order valence-corrected chi connectivity index (χ3v) is 3.49. The van der Waals surface area contributed by atoms with Crippen molar-refractivity contribution in [1.29, 1.82) is 0 Å². The summed E-state index contributed by atoms with van der Waals surface area (Å²) in [6.07, 6.45) is 1.29. The predicted octanol–water partition coefficient (Wildman–Crippen LogP) is 3.13. The fourth-order valence-corrected chi connectivity index (χ4v) is 2.59. The molecular weight excluding hydrogens is 206 g/mol. The Kier molecular flexibility index (Phi) is 5.29. The van der Waals surface area contributed by atoms with Crippen LogP contribution in [0.4, 0.5) is 0 Å². The zero-order chi connectivity index (χ0) is 11.3. The Morgan fingerprint density at radius 1 is 1.47 bits per heavy atom. The van der Waals surface area contributed by atoms with Crippen LogP contribution < -0.4 is 5.32 Å². The average molecular weight is 227 g/mol. The predicted molar refractivity (Wildman–Crippen MR) is 66.6 cm³/mol. The monoisotopic (exact) mass is 227 g/mol. The van der Waals surface area contributed by atoms with Crippen molar-refractivity contribution in [3.05, 3.63) is 21.9 Å². The zero-order valence-corrected chi connectivity index (χ0v) is 10.9. The van der Waals surface area contributed by atoms with Crippen LogP contribution in [0.5, 0.6) is 0 Å². The van der Waals surface area contributed by atoms with Crippen molar-refractivity contribution in [2.24, 2.45) is 0 Å². The molecule has 0 aliphatic rings. The molecule has 0 saturated heterocycles. The molecule has 1 rings (SSSR count). The van der Waals surface area contributed by atoms with Gasteiger partial charge in [0.15, 0.2) is 0 Å². The van der Waals surface area contributed by atoms with Gasteiger partial charge in [-0.2, -0.15) is 0 Å². The first-order chi connectivity index (χ1) is 7.22. The maximum absolute atomic E-state index is 5.52. The number of thiophene rings is 1. The van der Waals surface area contributed by atoms with Crippen molar-refractivity contribution in [3.63, 3.8) is 0 Å². The Morgan fingerprint density at radius 3 is 2.60 bits per heavy atom. The molecule has 2 atom stereocenters. The highest BCUT2D eigenvalue weighted by Gasteiger charge is 2.21. The van der Waals surface area contributed by atoms with Gasteiger partial charge in [-0.1, -0.05) is 13.8 Å². The molecule has 1 aromatic heterocycles. The molecule has 2 nitrogen and oxygen atoms in total. The van der Waals surface area contributed by atoms with E-state index < -0.39 is 0 Å². The molecule has 0 aromatic carbocycles. The summed E-state index contributed by atoms with van der Waals surface area (Å²) in [5.74, 6) is 0. The molecule has 1 aromatic rings. The summed E-state index contributed by atoms with van der Waals surface area (Å²) in [5, 5.41) is 5.72. The van der Waals surface area contributed by atoms with E-state index >= 15 is 0 Å². The molecule has 0 aliphatic heterocycles. The van der Waals surface area contributed by atoms with Crippen LogP contribution >= 0.6 is 11.3 Å². The maximum Gasteiger partial charge on any atom is 0.0763 e. The maximum atomic E-state index is 5.52. The molecule has 1 heterocycles. The molecule has 2 unspecified atom stereocenters. The van der Waals surface area contributed by atoms with Gasteiger partial charge >= 0.3 is 0 Å². The van der Waals surface area contributed by atoms with Crippen LogP contribution in [0.25, 0.3) is 0 Å². The number of ether oxygens (including phenoxy) is 1. The van der Waals surface area contributed by atoms with Crippen molar-refractivity contribution in [2.45, 2.75) is 39.3 Å². The molecule has 0 radical (unpaired) electrons. The van der Waals surface area contributed by atoms with Crippen LogP contribution in [0.3, 0.4) is 0 Å². The molecule has 0 saturated carbocycles. The minimum Gasteiger partial charge on any atom is -0.379 e. The quantitative estimate of drug-likeness (QED) is 0.806. The van der Waals surface area contributed by atoms with Crippen LogP contribution in [-0.2, 0) is 4.74 Å². The molecule has 0 spiro atoms. The lowest BCUT2D eigenvalue weighted by molar-refractivity contribution is 0.0657. The molecular formula is C12H21NOS. The first-order valence-electron chi connectivity index (χ1n) is 5.54. The molecule has 3 heteroatoms. The lowest BCUT2D eigenvalue weighted by Gasteiger charge is -2.25. The fraction of sp³-hybridized carbons (Fsp3) is 0.667. The first-order valence-corrected chi connectivity index (χ1v) is 6.42. The summed E-state index contributed by atoms with van der Waals surface area (Å²) in [6.45, 7) is 7.41. The second-order valence-electron chi connectivity index (χ2n) is 3.71.